The predicted molar refractivity (Wildman–Crippen MR) is 145 cm³/mol. The Hall–Kier alpha value is -5.24. The van der Waals surface area contributed by atoms with Crippen LogP contribution in [0.1, 0.15) is 22.3 Å². The van der Waals surface area contributed by atoms with E-state index in [1.54, 1.807) is 0 Å². The number of halogens is 10. The van der Waals surface area contributed by atoms with Crippen molar-refractivity contribution in [3.63, 3.8) is 0 Å². The highest BCUT2D eigenvalue weighted by Gasteiger charge is 2.41. The second kappa shape index (κ2) is 12.0. The summed E-state index contributed by atoms with van der Waals surface area (Å²) in [5, 5.41) is 0. The molecule has 5 rings (SSSR count). The molecule has 0 fully saturated rings. The van der Waals surface area contributed by atoms with Gasteiger partial charge in [0.15, 0.2) is 17.5 Å². The van der Waals surface area contributed by atoms with Crippen molar-refractivity contribution >= 4 is 0 Å². The summed E-state index contributed by atoms with van der Waals surface area (Å²) in [5.74, 6) is -6.47. The quantitative estimate of drug-likeness (QED) is 0.107. The SMILES string of the molecule is Cc1cc(OC(F)(F)c2c(F)cccc2F)cc(F)c1C#Cc1ccc(-c2ccc(-c3cc(F)c(F)c(F)c3)c(F)c2)c(F)c1. The van der Waals surface area contributed by atoms with Gasteiger partial charge in [0.1, 0.15) is 40.4 Å². The first-order valence-electron chi connectivity index (χ1n) is 12.8. The summed E-state index contributed by atoms with van der Waals surface area (Å²) < 4.78 is 146. The van der Waals surface area contributed by atoms with Gasteiger partial charge in [-0.25, -0.2) is 35.1 Å². The number of hydrogen-bond acceptors (Lipinski definition) is 1. The number of ether oxygens (including phenoxy) is 1. The second-order valence-electron chi connectivity index (χ2n) is 9.71. The molecule has 228 valence electrons. The van der Waals surface area contributed by atoms with Crippen molar-refractivity contribution in [2.24, 2.45) is 0 Å². The largest absolute Gasteiger partial charge is 0.432 e. The average molecular weight is 630 g/mol. The molecule has 0 N–H and O–H groups in total. The Morgan fingerprint density at radius 3 is 1.73 bits per heavy atom. The Bertz CT molecular complexity index is 1960. The van der Waals surface area contributed by atoms with Crippen LogP contribution in [-0.2, 0) is 6.11 Å². The molecule has 11 heteroatoms. The molecule has 1 nitrogen and oxygen atoms in total. The lowest BCUT2D eigenvalue weighted by molar-refractivity contribution is -0.189. The third kappa shape index (κ3) is 6.36. The molecule has 5 aromatic rings. The zero-order chi connectivity index (χ0) is 32.6. The Kier molecular flexibility index (Phi) is 8.34. The highest BCUT2D eigenvalue weighted by atomic mass is 19.3. The number of hydrogen-bond donors (Lipinski definition) is 0. The summed E-state index contributed by atoms with van der Waals surface area (Å²) in [6, 6.07) is 11.8. The van der Waals surface area contributed by atoms with Crippen LogP contribution in [0.15, 0.2) is 78.9 Å². The Balaban J connectivity index is 1.37. The van der Waals surface area contributed by atoms with Crippen molar-refractivity contribution in [1.82, 2.24) is 0 Å². The van der Waals surface area contributed by atoms with E-state index in [-0.39, 0.29) is 38.9 Å². The van der Waals surface area contributed by atoms with E-state index >= 15 is 0 Å². The van der Waals surface area contributed by atoms with Gasteiger partial charge in [-0.1, -0.05) is 36.1 Å². The molecule has 0 amide bonds. The average Bonchev–Trinajstić information content (AvgIpc) is 2.94. The Morgan fingerprint density at radius 1 is 0.556 bits per heavy atom. The van der Waals surface area contributed by atoms with Crippen molar-refractivity contribution in [2.75, 3.05) is 0 Å². The molecular formula is C34H16F10O. The van der Waals surface area contributed by atoms with E-state index in [1.807, 2.05) is 0 Å². The number of rotatable bonds is 5. The lowest BCUT2D eigenvalue weighted by Gasteiger charge is -2.20. The van der Waals surface area contributed by atoms with Crippen LogP contribution in [-0.4, -0.2) is 0 Å². The van der Waals surface area contributed by atoms with Gasteiger partial charge in [0, 0.05) is 22.8 Å². The van der Waals surface area contributed by atoms with Crippen LogP contribution in [0.3, 0.4) is 0 Å². The standard InChI is InChI=1S/C34H16F10O/c1-17-11-21(45-34(43,44)32-25(35)3-2-4-26(32)36)16-29(39)22(17)8-5-18-6-9-23(27(37)12-18)19-7-10-24(28(38)13-19)20-14-30(40)33(42)31(41)15-20/h2-4,6-7,9-16H,1H3. The minimum Gasteiger partial charge on any atom is -0.429 e. The number of aryl methyl sites for hydroxylation is 1. The van der Waals surface area contributed by atoms with Gasteiger partial charge in [-0.2, -0.15) is 8.78 Å². The van der Waals surface area contributed by atoms with Crippen LogP contribution < -0.4 is 4.74 Å². The van der Waals surface area contributed by atoms with Gasteiger partial charge in [0.25, 0.3) is 0 Å². The van der Waals surface area contributed by atoms with Gasteiger partial charge in [0.05, 0.1) is 5.56 Å². The van der Waals surface area contributed by atoms with Gasteiger partial charge in [-0.05, 0) is 72.1 Å². The molecule has 0 spiro atoms. The highest BCUT2D eigenvalue weighted by Crippen LogP contribution is 2.36. The van der Waals surface area contributed by atoms with Gasteiger partial charge in [-0.3, -0.25) is 0 Å². The molecular weight excluding hydrogens is 614 g/mol. The van der Waals surface area contributed by atoms with Crippen LogP contribution in [0.4, 0.5) is 43.9 Å². The fourth-order valence-electron chi connectivity index (χ4n) is 4.49. The topological polar surface area (TPSA) is 9.23 Å². The minimum absolute atomic E-state index is 0.0240. The van der Waals surface area contributed by atoms with E-state index in [2.05, 4.69) is 16.6 Å². The second-order valence-corrected chi connectivity index (χ2v) is 9.71. The van der Waals surface area contributed by atoms with Gasteiger partial charge < -0.3 is 4.74 Å². The third-order valence-corrected chi connectivity index (χ3v) is 6.64. The first-order valence-corrected chi connectivity index (χ1v) is 12.8. The number of alkyl halides is 2. The summed E-state index contributed by atoms with van der Waals surface area (Å²) in [5.41, 5.74) is -2.34. The molecule has 0 saturated carbocycles. The maximum Gasteiger partial charge on any atom is 0.432 e. The minimum atomic E-state index is -4.47. The van der Waals surface area contributed by atoms with E-state index in [1.165, 1.54) is 25.1 Å². The van der Waals surface area contributed by atoms with Crippen LogP contribution >= 0.6 is 0 Å². The molecule has 0 bridgehead atoms. The van der Waals surface area contributed by atoms with Crippen molar-refractivity contribution in [3.8, 4) is 39.8 Å². The normalized spacial score (nSPS) is 11.3. The van der Waals surface area contributed by atoms with Crippen LogP contribution in [0, 0.1) is 65.3 Å². The zero-order valence-electron chi connectivity index (χ0n) is 22.7. The van der Waals surface area contributed by atoms with E-state index < -0.39 is 64.0 Å². The summed E-state index contributed by atoms with van der Waals surface area (Å²) in [4.78, 5) is 0. The Labute approximate surface area is 249 Å². The first kappa shape index (κ1) is 31.2. The fourth-order valence-corrected chi connectivity index (χ4v) is 4.49. The molecule has 0 aliphatic heterocycles. The third-order valence-electron chi connectivity index (χ3n) is 6.64. The van der Waals surface area contributed by atoms with Gasteiger partial charge >= 0.3 is 6.11 Å². The maximum absolute atomic E-state index is 15.0. The van der Waals surface area contributed by atoms with Crippen LogP contribution in [0.2, 0.25) is 0 Å². The summed E-state index contributed by atoms with van der Waals surface area (Å²) in [7, 11) is 0. The molecule has 5 aromatic carbocycles. The molecule has 0 aliphatic carbocycles. The summed E-state index contributed by atoms with van der Waals surface area (Å²) in [6.07, 6.45) is -4.47. The van der Waals surface area contributed by atoms with Crippen molar-refractivity contribution in [2.45, 2.75) is 13.0 Å². The van der Waals surface area contributed by atoms with Crippen molar-refractivity contribution in [1.29, 1.82) is 0 Å². The highest BCUT2D eigenvalue weighted by molar-refractivity contribution is 5.72. The van der Waals surface area contributed by atoms with Crippen molar-refractivity contribution in [3.05, 3.63) is 148 Å². The molecule has 0 aromatic heterocycles. The van der Waals surface area contributed by atoms with E-state index in [4.69, 9.17) is 0 Å². The molecule has 0 radical (unpaired) electrons. The lowest BCUT2D eigenvalue weighted by Crippen LogP contribution is -2.25. The first-order chi connectivity index (χ1) is 21.2. The lowest BCUT2D eigenvalue weighted by atomic mass is 9.98. The van der Waals surface area contributed by atoms with E-state index in [0.29, 0.717) is 30.3 Å². The van der Waals surface area contributed by atoms with E-state index in [9.17, 15) is 43.9 Å². The molecule has 0 unspecified atom stereocenters. The van der Waals surface area contributed by atoms with Crippen molar-refractivity contribution < 1.29 is 48.6 Å². The predicted octanol–water partition coefficient (Wildman–Crippen LogP) is 9.97. The monoisotopic (exact) mass is 630 g/mol. The van der Waals surface area contributed by atoms with Crippen LogP contribution in [0.5, 0.6) is 5.75 Å². The van der Waals surface area contributed by atoms with E-state index in [0.717, 1.165) is 30.3 Å². The van der Waals surface area contributed by atoms with Gasteiger partial charge in [0.2, 0.25) is 0 Å². The molecule has 45 heavy (non-hydrogen) atoms. The fraction of sp³-hybridized carbons (Fsp3) is 0.0588. The molecule has 0 atom stereocenters. The van der Waals surface area contributed by atoms with Crippen LogP contribution in [0.25, 0.3) is 22.3 Å². The smallest absolute Gasteiger partial charge is 0.429 e. The van der Waals surface area contributed by atoms with Gasteiger partial charge in [-0.15, -0.1) is 0 Å². The maximum atomic E-state index is 15.0. The molecule has 0 aliphatic rings. The number of benzene rings is 5. The summed E-state index contributed by atoms with van der Waals surface area (Å²) >= 11 is 0. The Morgan fingerprint density at radius 2 is 1.13 bits per heavy atom. The zero-order valence-corrected chi connectivity index (χ0v) is 22.7. The molecule has 0 heterocycles. The molecule has 0 saturated heterocycles. The summed E-state index contributed by atoms with van der Waals surface area (Å²) in [6.45, 7) is 1.32.